The maximum Gasteiger partial charge on any atom is 0.340 e. The van der Waals surface area contributed by atoms with Gasteiger partial charge < -0.3 is 10.5 Å². The molecule has 1 aliphatic heterocycles. The van der Waals surface area contributed by atoms with E-state index in [1.165, 1.54) is 0 Å². The quantitative estimate of drug-likeness (QED) is 0.600. The van der Waals surface area contributed by atoms with Gasteiger partial charge in [0.1, 0.15) is 5.82 Å². The summed E-state index contributed by atoms with van der Waals surface area (Å²) in [5.41, 5.74) is 6.81. The van der Waals surface area contributed by atoms with Crippen molar-refractivity contribution in [2.45, 2.75) is 12.8 Å². The van der Waals surface area contributed by atoms with E-state index >= 15 is 0 Å². The van der Waals surface area contributed by atoms with Gasteiger partial charge in [-0.15, -0.1) is 0 Å². The fourth-order valence-corrected chi connectivity index (χ4v) is 1.40. The highest BCUT2D eigenvalue weighted by molar-refractivity contribution is 5.92. The Hall–Kier alpha value is -1.58. The second-order valence-electron chi connectivity index (χ2n) is 3.17. The van der Waals surface area contributed by atoms with E-state index in [9.17, 15) is 4.79 Å². The van der Waals surface area contributed by atoms with E-state index in [2.05, 4.69) is 4.98 Å². The molecular weight excluding hydrogens is 168 g/mol. The van der Waals surface area contributed by atoms with Gasteiger partial charge in [-0.3, -0.25) is 0 Å². The minimum atomic E-state index is -0.305. The molecule has 0 aliphatic carbocycles. The fourth-order valence-electron chi connectivity index (χ4n) is 1.40. The van der Waals surface area contributed by atoms with Crippen LogP contribution in [0.5, 0.6) is 0 Å². The van der Waals surface area contributed by atoms with Crippen molar-refractivity contribution in [3.05, 3.63) is 23.4 Å². The van der Waals surface area contributed by atoms with E-state index in [1.54, 1.807) is 12.1 Å². The first kappa shape index (κ1) is 8.04. The summed E-state index contributed by atoms with van der Waals surface area (Å²) >= 11 is 0. The molecule has 0 bridgehead atoms. The van der Waals surface area contributed by atoms with Gasteiger partial charge in [-0.25, -0.2) is 9.78 Å². The summed E-state index contributed by atoms with van der Waals surface area (Å²) < 4.78 is 4.94. The Morgan fingerprint density at radius 1 is 1.62 bits per heavy atom. The molecule has 0 saturated heterocycles. The second kappa shape index (κ2) is 2.73. The number of rotatable bonds is 0. The second-order valence-corrected chi connectivity index (χ2v) is 3.17. The van der Waals surface area contributed by atoms with Crippen molar-refractivity contribution < 1.29 is 9.53 Å². The first-order chi connectivity index (χ1) is 6.18. The van der Waals surface area contributed by atoms with Crippen LogP contribution in [0.15, 0.2) is 12.1 Å². The standard InChI is InChI=1S/C9H10N2O2/c1-5-4-13-9(12)6-2-3-7(10)11-8(5)6/h2-3,5H,4H2,1H3,(H2,10,11)/t5-/m0/s1. The Labute approximate surface area is 75.7 Å². The summed E-state index contributed by atoms with van der Waals surface area (Å²) in [5, 5.41) is 0. The Morgan fingerprint density at radius 2 is 2.38 bits per heavy atom. The predicted octanol–water partition coefficient (Wildman–Crippen LogP) is 0.938. The van der Waals surface area contributed by atoms with E-state index in [0.717, 1.165) is 5.69 Å². The third-order valence-electron chi connectivity index (χ3n) is 2.10. The van der Waals surface area contributed by atoms with Gasteiger partial charge in [0.05, 0.1) is 17.9 Å². The SMILES string of the molecule is C[C@H]1COC(=O)c2ccc(N)nc21. The van der Waals surface area contributed by atoms with Crippen LogP contribution in [-0.4, -0.2) is 17.6 Å². The van der Waals surface area contributed by atoms with Crippen molar-refractivity contribution in [2.75, 3.05) is 12.3 Å². The number of nitrogen functional groups attached to an aromatic ring is 1. The number of hydrogen-bond acceptors (Lipinski definition) is 4. The smallest absolute Gasteiger partial charge is 0.340 e. The van der Waals surface area contributed by atoms with Gasteiger partial charge >= 0.3 is 5.97 Å². The van der Waals surface area contributed by atoms with Crippen LogP contribution in [0.3, 0.4) is 0 Å². The van der Waals surface area contributed by atoms with E-state index in [-0.39, 0.29) is 11.9 Å². The molecule has 2 heterocycles. The summed E-state index contributed by atoms with van der Waals surface area (Å²) in [6.07, 6.45) is 0. The molecule has 0 unspecified atom stereocenters. The van der Waals surface area contributed by atoms with Crippen molar-refractivity contribution in [1.82, 2.24) is 4.98 Å². The molecule has 0 fully saturated rings. The van der Waals surface area contributed by atoms with Crippen LogP contribution in [0.2, 0.25) is 0 Å². The van der Waals surface area contributed by atoms with E-state index < -0.39 is 0 Å². The zero-order valence-electron chi connectivity index (χ0n) is 7.28. The minimum absolute atomic E-state index is 0.135. The van der Waals surface area contributed by atoms with Crippen molar-refractivity contribution in [3.63, 3.8) is 0 Å². The van der Waals surface area contributed by atoms with E-state index in [0.29, 0.717) is 18.0 Å². The number of pyridine rings is 1. The highest BCUT2D eigenvalue weighted by Gasteiger charge is 2.25. The molecule has 1 aromatic rings. The summed E-state index contributed by atoms with van der Waals surface area (Å²) in [6.45, 7) is 2.35. The average molecular weight is 178 g/mol. The molecule has 2 rings (SSSR count). The maximum absolute atomic E-state index is 11.2. The zero-order valence-corrected chi connectivity index (χ0v) is 7.28. The zero-order chi connectivity index (χ0) is 9.42. The normalized spacial score (nSPS) is 20.7. The molecular formula is C9H10N2O2. The Kier molecular flexibility index (Phi) is 1.69. The lowest BCUT2D eigenvalue weighted by atomic mass is 10.0. The molecule has 0 amide bonds. The van der Waals surface area contributed by atoms with Crippen LogP contribution in [0.1, 0.15) is 28.9 Å². The van der Waals surface area contributed by atoms with Crippen LogP contribution in [0.4, 0.5) is 5.82 Å². The summed E-state index contributed by atoms with van der Waals surface area (Å²) in [6, 6.07) is 3.27. The number of hydrogen-bond donors (Lipinski definition) is 1. The lowest BCUT2D eigenvalue weighted by molar-refractivity contribution is 0.0445. The fraction of sp³-hybridized carbons (Fsp3) is 0.333. The van der Waals surface area contributed by atoms with Gasteiger partial charge in [0.15, 0.2) is 0 Å². The number of anilines is 1. The number of carbonyl (C=O) groups excluding carboxylic acids is 1. The van der Waals surface area contributed by atoms with Crippen molar-refractivity contribution in [3.8, 4) is 0 Å². The molecule has 1 aromatic heterocycles. The molecule has 68 valence electrons. The van der Waals surface area contributed by atoms with Gasteiger partial charge in [0.25, 0.3) is 0 Å². The van der Waals surface area contributed by atoms with Gasteiger partial charge in [-0.2, -0.15) is 0 Å². The molecule has 0 aromatic carbocycles. The number of carbonyl (C=O) groups is 1. The Balaban J connectivity index is 2.57. The number of esters is 1. The van der Waals surface area contributed by atoms with Crippen LogP contribution in [-0.2, 0) is 4.74 Å². The van der Waals surface area contributed by atoms with Crippen molar-refractivity contribution >= 4 is 11.8 Å². The van der Waals surface area contributed by atoms with Crippen LogP contribution >= 0.6 is 0 Å². The lowest BCUT2D eigenvalue weighted by Gasteiger charge is -2.20. The molecule has 4 heteroatoms. The Morgan fingerprint density at radius 3 is 3.15 bits per heavy atom. The Bertz CT molecular complexity index is 363. The molecule has 0 spiro atoms. The largest absolute Gasteiger partial charge is 0.461 e. The summed E-state index contributed by atoms with van der Waals surface area (Å²) in [5.74, 6) is 0.275. The summed E-state index contributed by atoms with van der Waals surface area (Å²) in [4.78, 5) is 15.4. The molecule has 1 aliphatic rings. The first-order valence-corrected chi connectivity index (χ1v) is 4.12. The minimum Gasteiger partial charge on any atom is -0.461 e. The number of fused-ring (bicyclic) bond motifs is 1. The predicted molar refractivity (Wildman–Crippen MR) is 47.3 cm³/mol. The third kappa shape index (κ3) is 1.24. The van der Waals surface area contributed by atoms with Gasteiger partial charge in [0.2, 0.25) is 0 Å². The monoisotopic (exact) mass is 178 g/mol. The number of cyclic esters (lactones) is 1. The topological polar surface area (TPSA) is 65.2 Å². The number of nitrogens with zero attached hydrogens (tertiary/aromatic N) is 1. The van der Waals surface area contributed by atoms with Gasteiger partial charge in [0, 0.05) is 5.92 Å². The van der Waals surface area contributed by atoms with E-state index in [1.807, 2.05) is 6.92 Å². The average Bonchev–Trinajstić information content (AvgIpc) is 2.12. The molecule has 2 N–H and O–H groups in total. The molecule has 1 atom stereocenters. The number of ether oxygens (including phenoxy) is 1. The maximum atomic E-state index is 11.2. The molecule has 13 heavy (non-hydrogen) atoms. The first-order valence-electron chi connectivity index (χ1n) is 4.12. The molecule has 0 radical (unpaired) electrons. The highest BCUT2D eigenvalue weighted by atomic mass is 16.5. The van der Waals surface area contributed by atoms with Gasteiger partial charge in [-0.05, 0) is 12.1 Å². The summed E-state index contributed by atoms with van der Waals surface area (Å²) in [7, 11) is 0. The molecule has 0 saturated carbocycles. The van der Waals surface area contributed by atoms with E-state index in [4.69, 9.17) is 10.5 Å². The highest BCUT2D eigenvalue weighted by Crippen LogP contribution is 2.24. The van der Waals surface area contributed by atoms with Crippen molar-refractivity contribution in [2.24, 2.45) is 0 Å². The van der Waals surface area contributed by atoms with Crippen LogP contribution in [0, 0.1) is 0 Å². The lowest BCUT2D eigenvalue weighted by Crippen LogP contribution is -2.22. The third-order valence-corrected chi connectivity index (χ3v) is 2.10. The van der Waals surface area contributed by atoms with Crippen molar-refractivity contribution in [1.29, 1.82) is 0 Å². The number of nitrogens with two attached hydrogens (primary N) is 1. The van der Waals surface area contributed by atoms with Crippen LogP contribution < -0.4 is 5.73 Å². The van der Waals surface area contributed by atoms with Gasteiger partial charge in [-0.1, -0.05) is 6.92 Å². The van der Waals surface area contributed by atoms with Crippen LogP contribution in [0.25, 0.3) is 0 Å². The molecule has 4 nitrogen and oxygen atoms in total. The number of aromatic nitrogens is 1.